The molecule has 0 radical (unpaired) electrons. The maximum absolute atomic E-state index is 12.6. The van der Waals surface area contributed by atoms with Crippen molar-refractivity contribution in [1.82, 2.24) is 0 Å². The van der Waals surface area contributed by atoms with Gasteiger partial charge in [-0.1, -0.05) is 6.07 Å². The third-order valence-corrected chi connectivity index (χ3v) is 4.51. The van der Waals surface area contributed by atoms with Crippen molar-refractivity contribution in [3.05, 3.63) is 41.0 Å². The molecule has 1 unspecified atom stereocenters. The fraction of sp³-hybridized carbons (Fsp3) is 0.316. The van der Waals surface area contributed by atoms with Gasteiger partial charge in [-0.2, -0.15) is 0 Å². The van der Waals surface area contributed by atoms with E-state index < -0.39 is 0 Å². The third-order valence-electron chi connectivity index (χ3n) is 4.51. The first-order valence-corrected chi connectivity index (χ1v) is 7.78. The molecule has 6 heteroatoms. The molecule has 0 saturated carbocycles. The molecule has 6 nitrogen and oxygen atoms in total. The molecule has 1 aliphatic carbocycles. The highest BCUT2D eigenvalue weighted by Crippen LogP contribution is 2.51. The standard InChI is InChI=1S/C19H20O6/c1-22-15-6-5-10(7-14(15)21)11-8-13(20)12-9-16(23-2)18(24-3)19(25-4)17(11)12/h5-7,9,11,21H,8H2,1-4H3. The van der Waals surface area contributed by atoms with Gasteiger partial charge in [0.25, 0.3) is 0 Å². The van der Waals surface area contributed by atoms with Crippen LogP contribution >= 0.6 is 0 Å². The Balaban J connectivity index is 2.20. The van der Waals surface area contributed by atoms with Gasteiger partial charge in [-0.05, 0) is 23.8 Å². The average Bonchev–Trinajstić information content (AvgIpc) is 2.96. The maximum Gasteiger partial charge on any atom is 0.203 e. The summed E-state index contributed by atoms with van der Waals surface area (Å²) in [5.74, 6) is 1.53. The highest BCUT2D eigenvalue weighted by molar-refractivity contribution is 6.03. The van der Waals surface area contributed by atoms with Crippen LogP contribution in [0.25, 0.3) is 0 Å². The molecular formula is C19H20O6. The lowest BCUT2D eigenvalue weighted by molar-refractivity contribution is 0.0991. The summed E-state index contributed by atoms with van der Waals surface area (Å²) in [6.45, 7) is 0. The average molecular weight is 344 g/mol. The largest absolute Gasteiger partial charge is 0.504 e. The van der Waals surface area contributed by atoms with Crippen molar-refractivity contribution in [3.8, 4) is 28.7 Å². The van der Waals surface area contributed by atoms with Crippen molar-refractivity contribution in [1.29, 1.82) is 0 Å². The number of rotatable bonds is 5. The summed E-state index contributed by atoms with van der Waals surface area (Å²) in [7, 11) is 6.06. The topological polar surface area (TPSA) is 74.2 Å². The second kappa shape index (κ2) is 6.55. The Bertz CT molecular complexity index is 827. The fourth-order valence-corrected chi connectivity index (χ4v) is 3.36. The summed E-state index contributed by atoms with van der Waals surface area (Å²) in [6.07, 6.45) is 0.286. The van der Waals surface area contributed by atoms with E-state index >= 15 is 0 Å². The zero-order valence-electron chi connectivity index (χ0n) is 14.6. The van der Waals surface area contributed by atoms with Gasteiger partial charge in [0.15, 0.2) is 28.8 Å². The summed E-state index contributed by atoms with van der Waals surface area (Å²) >= 11 is 0. The van der Waals surface area contributed by atoms with Crippen LogP contribution in [0.2, 0.25) is 0 Å². The summed E-state index contributed by atoms with van der Waals surface area (Å²) in [4.78, 5) is 12.6. The van der Waals surface area contributed by atoms with Crippen LogP contribution in [0.1, 0.15) is 33.8 Å². The molecule has 0 heterocycles. The summed E-state index contributed by atoms with van der Waals surface area (Å²) in [6, 6.07) is 6.81. The number of phenolic OH excluding ortho intramolecular Hbond substituents is 1. The van der Waals surface area contributed by atoms with E-state index in [9.17, 15) is 9.90 Å². The predicted molar refractivity (Wildman–Crippen MR) is 91.5 cm³/mol. The Kier molecular flexibility index (Phi) is 4.44. The van der Waals surface area contributed by atoms with E-state index in [0.717, 1.165) is 11.1 Å². The lowest BCUT2D eigenvalue weighted by atomic mass is 9.91. The molecule has 0 bridgehead atoms. The molecule has 1 N–H and O–H groups in total. The minimum Gasteiger partial charge on any atom is -0.504 e. The molecule has 2 aromatic carbocycles. The lowest BCUT2D eigenvalue weighted by Gasteiger charge is -2.19. The van der Waals surface area contributed by atoms with Gasteiger partial charge >= 0.3 is 0 Å². The third kappa shape index (κ3) is 2.63. The second-order valence-electron chi connectivity index (χ2n) is 5.72. The number of carbonyl (C=O) groups excluding carboxylic acids is 1. The smallest absolute Gasteiger partial charge is 0.203 e. The second-order valence-corrected chi connectivity index (χ2v) is 5.72. The molecule has 0 saturated heterocycles. The Morgan fingerprint density at radius 3 is 2.16 bits per heavy atom. The summed E-state index contributed by atoms with van der Waals surface area (Å²) in [5.41, 5.74) is 2.10. The highest BCUT2D eigenvalue weighted by atomic mass is 16.5. The van der Waals surface area contributed by atoms with Crippen LogP contribution in [-0.4, -0.2) is 39.3 Å². The van der Waals surface area contributed by atoms with Crippen LogP contribution in [0.15, 0.2) is 24.3 Å². The normalized spacial score (nSPS) is 15.7. The van der Waals surface area contributed by atoms with E-state index in [2.05, 4.69) is 0 Å². The number of carbonyl (C=O) groups is 1. The van der Waals surface area contributed by atoms with Crippen molar-refractivity contribution < 1.29 is 28.8 Å². The minimum atomic E-state index is -0.242. The van der Waals surface area contributed by atoms with Crippen LogP contribution in [0.3, 0.4) is 0 Å². The molecule has 2 aromatic rings. The maximum atomic E-state index is 12.6. The van der Waals surface area contributed by atoms with Crippen LogP contribution < -0.4 is 18.9 Å². The summed E-state index contributed by atoms with van der Waals surface area (Å²) in [5, 5.41) is 10.1. The number of benzene rings is 2. The van der Waals surface area contributed by atoms with E-state index in [0.29, 0.717) is 28.6 Å². The molecule has 25 heavy (non-hydrogen) atoms. The number of methoxy groups -OCH3 is 4. The van der Waals surface area contributed by atoms with E-state index in [1.807, 2.05) is 6.07 Å². The van der Waals surface area contributed by atoms with Crippen molar-refractivity contribution in [2.24, 2.45) is 0 Å². The van der Waals surface area contributed by atoms with Crippen LogP contribution in [0.4, 0.5) is 0 Å². The molecule has 3 rings (SSSR count). The summed E-state index contributed by atoms with van der Waals surface area (Å²) < 4.78 is 21.4. The van der Waals surface area contributed by atoms with E-state index in [-0.39, 0.29) is 23.9 Å². The Labute approximate surface area is 145 Å². The zero-order chi connectivity index (χ0) is 18.1. The Hall–Kier alpha value is -2.89. The molecule has 132 valence electrons. The molecule has 0 fully saturated rings. The Morgan fingerprint density at radius 2 is 1.60 bits per heavy atom. The lowest BCUT2D eigenvalue weighted by Crippen LogP contribution is -2.03. The van der Waals surface area contributed by atoms with Crippen molar-refractivity contribution >= 4 is 5.78 Å². The number of ether oxygens (including phenoxy) is 4. The van der Waals surface area contributed by atoms with Gasteiger partial charge in [-0.25, -0.2) is 0 Å². The number of hydrogen-bond acceptors (Lipinski definition) is 6. The van der Waals surface area contributed by atoms with Gasteiger partial charge < -0.3 is 24.1 Å². The monoisotopic (exact) mass is 344 g/mol. The highest BCUT2D eigenvalue weighted by Gasteiger charge is 2.37. The fourth-order valence-electron chi connectivity index (χ4n) is 3.36. The van der Waals surface area contributed by atoms with Crippen molar-refractivity contribution in [2.45, 2.75) is 12.3 Å². The van der Waals surface area contributed by atoms with Gasteiger partial charge in [0.2, 0.25) is 5.75 Å². The van der Waals surface area contributed by atoms with Crippen LogP contribution in [-0.2, 0) is 0 Å². The van der Waals surface area contributed by atoms with Gasteiger partial charge in [-0.15, -0.1) is 0 Å². The molecule has 0 spiro atoms. The van der Waals surface area contributed by atoms with E-state index in [4.69, 9.17) is 18.9 Å². The van der Waals surface area contributed by atoms with Gasteiger partial charge in [0.1, 0.15) is 0 Å². The van der Waals surface area contributed by atoms with Crippen LogP contribution in [0, 0.1) is 0 Å². The number of phenols is 1. The minimum absolute atomic E-state index is 0.00504. The number of fused-ring (bicyclic) bond motifs is 1. The quantitative estimate of drug-likeness (QED) is 0.898. The number of Topliss-reactive ketones (excluding diaryl/α,β-unsaturated/α-hetero) is 1. The van der Waals surface area contributed by atoms with Crippen molar-refractivity contribution in [3.63, 3.8) is 0 Å². The molecule has 1 aliphatic rings. The SMILES string of the molecule is COc1ccc(C2CC(=O)c3cc(OC)c(OC)c(OC)c32)cc1O. The van der Waals surface area contributed by atoms with E-state index in [1.165, 1.54) is 28.4 Å². The van der Waals surface area contributed by atoms with E-state index in [1.54, 1.807) is 18.2 Å². The van der Waals surface area contributed by atoms with Crippen LogP contribution in [0.5, 0.6) is 28.7 Å². The number of hydrogen-bond donors (Lipinski definition) is 1. The molecule has 0 aliphatic heterocycles. The zero-order valence-corrected chi connectivity index (χ0v) is 14.6. The van der Waals surface area contributed by atoms with Crippen molar-refractivity contribution in [2.75, 3.05) is 28.4 Å². The van der Waals surface area contributed by atoms with Gasteiger partial charge in [0, 0.05) is 23.5 Å². The number of aromatic hydroxyl groups is 1. The first-order chi connectivity index (χ1) is 12.0. The molecule has 1 atom stereocenters. The first kappa shape index (κ1) is 17.0. The molecular weight excluding hydrogens is 324 g/mol. The molecule has 0 aromatic heterocycles. The van der Waals surface area contributed by atoms with Gasteiger partial charge in [0.05, 0.1) is 28.4 Å². The Morgan fingerprint density at radius 1 is 0.920 bits per heavy atom. The number of ketones is 1. The predicted octanol–water partition coefficient (Wildman–Crippen LogP) is 3.14. The van der Waals surface area contributed by atoms with Gasteiger partial charge in [-0.3, -0.25) is 4.79 Å². The molecule has 0 amide bonds. The first-order valence-electron chi connectivity index (χ1n) is 7.78.